The molecule has 2 aromatic rings. The zero-order chi connectivity index (χ0) is 10.7. The van der Waals surface area contributed by atoms with E-state index in [1.54, 1.807) is 24.3 Å². The molecule has 2 amide bonds. The number of nitrogens with one attached hydrogen (secondary N) is 1. The SMILES string of the molecule is NC(=O)Nc1ccc(-n2cnnn2)cc1. The summed E-state index contributed by atoms with van der Waals surface area (Å²) in [5.74, 6) is 0. The summed E-state index contributed by atoms with van der Waals surface area (Å²) in [4.78, 5) is 10.6. The fraction of sp³-hybridized carbons (Fsp3) is 0. The number of anilines is 1. The van der Waals surface area contributed by atoms with Crippen LogP contribution in [0.3, 0.4) is 0 Å². The lowest BCUT2D eigenvalue weighted by Gasteiger charge is -2.02. The summed E-state index contributed by atoms with van der Waals surface area (Å²) in [6.07, 6.45) is 1.48. The Hall–Kier alpha value is -2.44. The van der Waals surface area contributed by atoms with Crippen LogP contribution in [0.15, 0.2) is 30.6 Å². The van der Waals surface area contributed by atoms with Crippen molar-refractivity contribution in [1.29, 1.82) is 0 Å². The number of aromatic nitrogens is 4. The summed E-state index contributed by atoms with van der Waals surface area (Å²) in [7, 11) is 0. The van der Waals surface area contributed by atoms with Crippen molar-refractivity contribution in [3.63, 3.8) is 0 Å². The minimum absolute atomic E-state index is 0.592. The first-order chi connectivity index (χ1) is 7.25. The molecular formula is C8H8N6O. The highest BCUT2D eigenvalue weighted by Crippen LogP contribution is 2.11. The first-order valence-electron chi connectivity index (χ1n) is 4.15. The maximum absolute atomic E-state index is 10.6. The Morgan fingerprint density at radius 2 is 2.07 bits per heavy atom. The predicted octanol–water partition coefficient (Wildman–Crippen LogP) is 0.153. The van der Waals surface area contributed by atoms with Gasteiger partial charge in [0.2, 0.25) is 0 Å². The van der Waals surface area contributed by atoms with Crippen LogP contribution in [0.25, 0.3) is 5.69 Å². The maximum atomic E-state index is 10.6. The zero-order valence-electron chi connectivity index (χ0n) is 7.66. The lowest BCUT2D eigenvalue weighted by Crippen LogP contribution is -2.19. The fourth-order valence-corrected chi connectivity index (χ4v) is 1.12. The maximum Gasteiger partial charge on any atom is 0.316 e. The molecule has 0 unspecified atom stereocenters. The Balaban J connectivity index is 2.21. The van der Waals surface area contributed by atoms with Gasteiger partial charge in [0.25, 0.3) is 0 Å². The van der Waals surface area contributed by atoms with Crippen LogP contribution < -0.4 is 11.1 Å². The monoisotopic (exact) mass is 204 g/mol. The Morgan fingerprint density at radius 1 is 1.33 bits per heavy atom. The molecule has 15 heavy (non-hydrogen) atoms. The van der Waals surface area contributed by atoms with Gasteiger partial charge in [0.1, 0.15) is 6.33 Å². The standard InChI is InChI=1S/C8H8N6O/c9-8(15)11-6-1-3-7(4-2-6)14-5-10-12-13-14/h1-5H,(H3,9,11,15). The molecule has 0 spiro atoms. The molecule has 3 N–H and O–H groups in total. The molecule has 7 heteroatoms. The van der Waals surface area contributed by atoms with Gasteiger partial charge in [-0.2, -0.15) is 0 Å². The van der Waals surface area contributed by atoms with Crippen LogP contribution in [0, 0.1) is 0 Å². The van der Waals surface area contributed by atoms with E-state index in [1.807, 2.05) is 0 Å². The first kappa shape index (κ1) is 9.13. The Kier molecular flexibility index (Phi) is 2.28. The predicted molar refractivity (Wildman–Crippen MR) is 52.4 cm³/mol. The number of primary amides is 1. The highest BCUT2D eigenvalue weighted by molar-refractivity contribution is 5.87. The average Bonchev–Trinajstić information content (AvgIpc) is 2.71. The van der Waals surface area contributed by atoms with E-state index in [-0.39, 0.29) is 0 Å². The van der Waals surface area contributed by atoms with Crippen molar-refractivity contribution in [3.05, 3.63) is 30.6 Å². The third-order valence-electron chi connectivity index (χ3n) is 1.75. The number of rotatable bonds is 2. The van der Waals surface area contributed by atoms with Crippen LogP contribution in [0.5, 0.6) is 0 Å². The first-order valence-corrected chi connectivity index (χ1v) is 4.15. The molecule has 0 saturated carbocycles. The van der Waals surface area contributed by atoms with Crippen molar-refractivity contribution < 1.29 is 4.79 Å². The summed E-state index contributed by atoms with van der Waals surface area (Å²) in [6.45, 7) is 0. The van der Waals surface area contributed by atoms with Gasteiger partial charge < -0.3 is 11.1 Å². The summed E-state index contributed by atoms with van der Waals surface area (Å²) in [6, 6.07) is 6.36. The van der Waals surface area contributed by atoms with Crippen LogP contribution in [0.2, 0.25) is 0 Å². The molecule has 76 valence electrons. The zero-order valence-corrected chi connectivity index (χ0v) is 7.66. The number of benzene rings is 1. The van der Waals surface area contributed by atoms with Crippen molar-refractivity contribution in [1.82, 2.24) is 20.2 Å². The second-order valence-corrected chi connectivity index (χ2v) is 2.79. The van der Waals surface area contributed by atoms with Crippen LogP contribution >= 0.6 is 0 Å². The van der Waals surface area contributed by atoms with E-state index in [4.69, 9.17) is 5.73 Å². The molecule has 1 aromatic heterocycles. The van der Waals surface area contributed by atoms with Crippen molar-refractivity contribution in [2.75, 3.05) is 5.32 Å². The van der Waals surface area contributed by atoms with Crippen LogP contribution in [0.1, 0.15) is 0 Å². The number of carbonyl (C=O) groups excluding carboxylic acids is 1. The van der Waals surface area contributed by atoms with E-state index in [0.29, 0.717) is 5.69 Å². The normalized spacial score (nSPS) is 9.87. The van der Waals surface area contributed by atoms with Gasteiger partial charge in [-0.05, 0) is 34.7 Å². The van der Waals surface area contributed by atoms with E-state index in [9.17, 15) is 4.79 Å². The number of amides is 2. The molecule has 0 aliphatic heterocycles. The molecular weight excluding hydrogens is 196 g/mol. The molecule has 7 nitrogen and oxygen atoms in total. The highest BCUT2D eigenvalue weighted by Gasteiger charge is 1.99. The van der Waals surface area contributed by atoms with Crippen molar-refractivity contribution in [2.45, 2.75) is 0 Å². The average molecular weight is 204 g/mol. The van der Waals surface area contributed by atoms with E-state index in [0.717, 1.165) is 5.69 Å². The van der Waals surface area contributed by atoms with Gasteiger partial charge in [0.15, 0.2) is 0 Å². The lowest BCUT2D eigenvalue weighted by molar-refractivity contribution is 0.259. The third kappa shape index (κ3) is 2.08. The Morgan fingerprint density at radius 3 is 2.60 bits per heavy atom. The molecule has 0 saturated heterocycles. The number of hydrogen-bond acceptors (Lipinski definition) is 4. The molecule has 0 aliphatic rings. The quantitative estimate of drug-likeness (QED) is 0.727. The highest BCUT2D eigenvalue weighted by atomic mass is 16.2. The molecule has 0 fully saturated rings. The van der Waals surface area contributed by atoms with Crippen molar-refractivity contribution in [2.24, 2.45) is 5.73 Å². The summed E-state index contributed by atoms with van der Waals surface area (Å²) in [5, 5.41) is 13.2. The summed E-state index contributed by atoms with van der Waals surface area (Å²) in [5.41, 5.74) is 6.39. The van der Waals surface area contributed by atoms with E-state index >= 15 is 0 Å². The van der Waals surface area contributed by atoms with Crippen LogP contribution in [-0.4, -0.2) is 26.2 Å². The number of urea groups is 1. The minimum atomic E-state index is -0.592. The topological polar surface area (TPSA) is 98.7 Å². The van der Waals surface area contributed by atoms with Gasteiger partial charge in [-0.15, -0.1) is 5.10 Å². The van der Waals surface area contributed by atoms with E-state index in [2.05, 4.69) is 20.8 Å². The molecule has 1 aromatic carbocycles. The summed E-state index contributed by atoms with van der Waals surface area (Å²) >= 11 is 0. The number of carbonyl (C=O) groups is 1. The third-order valence-corrected chi connectivity index (χ3v) is 1.75. The number of nitrogens with two attached hydrogens (primary N) is 1. The van der Waals surface area contributed by atoms with Crippen LogP contribution in [-0.2, 0) is 0 Å². The van der Waals surface area contributed by atoms with Gasteiger partial charge in [-0.3, -0.25) is 0 Å². The van der Waals surface area contributed by atoms with Gasteiger partial charge in [0, 0.05) is 5.69 Å². The second-order valence-electron chi connectivity index (χ2n) is 2.79. The van der Waals surface area contributed by atoms with Gasteiger partial charge >= 0.3 is 6.03 Å². The number of nitrogens with zero attached hydrogens (tertiary/aromatic N) is 4. The smallest absolute Gasteiger partial charge is 0.316 e. The Labute approximate surface area is 84.9 Å². The van der Waals surface area contributed by atoms with Gasteiger partial charge in [0.05, 0.1) is 5.69 Å². The molecule has 1 heterocycles. The van der Waals surface area contributed by atoms with Gasteiger partial charge in [-0.1, -0.05) is 0 Å². The largest absolute Gasteiger partial charge is 0.351 e. The molecule has 0 radical (unpaired) electrons. The number of tetrazole rings is 1. The van der Waals surface area contributed by atoms with Gasteiger partial charge in [-0.25, -0.2) is 9.48 Å². The second kappa shape index (κ2) is 3.74. The van der Waals surface area contributed by atoms with E-state index < -0.39 is 6.03 Å². The summed E-state index contributed by atoms with van der Waals surface area (Å²) < 4.78 is 1.51. The van der Waals surface area contributed by atoms with Crippen LogP contribution in [0.4, 0.5) is 10.5 Å². The molecule has 2 rings (SSSR count). The van der Waals surface area contributed by atoms with E-state index in [1.165, 1.54) is 11.0 Å². The molecule has 0 bridgehead atoms. The number of hydrogen-bond donors (Lipinski definition) is 2. The Bertz CT molecular complexity index is 448. The fourth-order valence-electron chi connectivity index (χ4n) is 1.12. The lowest BCUT2D eigenvalue weighted by atomic mass is 10.3. The molecule has 0 aliphatic carbocycles. The minimum Gasteiger partial charge on any atom is -0.351 e. The van der Waals surface area contributed by atoms with Crippen molar-refractivity contribution >= 4 is 11.7 Å². The molecule has 0 atom stereocenters. The van der Waals surface area contributed by atoms with Crippen molar-refractivity contribution in [3.8, 4) is 5.69 Å².